The SMILES string of the molecule is CS(=O)(=O)OC1(OC(=O)c2ccccc2)CCCCC1. The van der Waals surface area contributed by atoms with Gasteiger partial charge in [-0.15, -0.1) is 0 Å². The van der Waals surface area contributed by atoms with Gasteiger partial charge in [0, 0.05) is 12.8 Å². The van der Waals surface area contributed by atoms with Crippen molar-refractivity contribution >= 4 is 16.1 Å². The first-order valence-corrected chi connectivity index (χ1v) is 8.41. The second-order valence-electron chi connectivity index (χ2n) is 5.01. The Bertz CT molecular complexity index is 558. The normalized spacial score (nSPS) is 18.4. The van der Waals surface area contributed by atoms with Gasteiger partial charge in [-0.25, -0.2) is 8.98 Å². The van der Waals surface area contributed by atoms with Crippen LogP contribution in [0.15, 0.2) is 30.3 Å². The molecule has 1 aromatic rings. The predicted molar refractivity (Wildman–Crippen MR) is 73.6 cm³/mol. The van der Waals surface area contributed by atoms with Crippen LogP contribution in [0, 0.1) is 0 Å². The molecular formula is C14H18O5S. The van der Waals surface area contributed by atoms with Crippen LogP contribution in [0.1, 0.15) is 42.5 Å². The average Bonchev–Trinajstić information content (AvgIpc) is 2.38. The van der Waals surface area contributed by atoms with E-state index in [0.29, 0.717) is 18.4 Å². The molecule has 0 aliphatic heterocycles. The number of ether oxygens (including phenoxy) is 1. The van der Waals surface area contributed by atoms with Gasteiger partial charge in [-0.2, -0.15) is 8.42 Å². The van der Waals surface area contributed by atoms with E-state index in [-0.39, 0.29) is 0 Å². The summed E-state index contributed by atoms with van der Waals surface area (Å²) in [7, 11) is -3.69. The van der Waals surface area contributed by atoms with Crippen LogP contribution in [0.5, 0.6) is 0 Å². The second-order valence-corrected chi connectivity index (χ2v) is 6.59. The fourth-order valence-electron chi connectivity index (χ4n) is 2.37. The van der Waals surface area contributed by atoms with Crippen molar-refractivity contribution in [1.82, 2.24) is 0 Å². The molecule has 0 aromatic heterocycles. The van der Waals surface area contributed by atoms with Crippen molar-refractivity contribution in [3.05, 3.63) is 35.9 Å². The van der Waals surface area contributed by atoms with Crippen LogP contribution in [0.4, 0.5) is 0 Å². The lowest BCUT2D eigenvalue weighted by Gasteiger charge is -2.34. The van der Waals surface area contributed by atoms with E-state index in [2.05, 4.69) is 0 Å². The van der Waals surface area contributed by atoms with E-state index in [9.17, 15) is 13.2 Å². The number of carbonyl (C=O) groups is 1. The number of hydrogen-bond acceptors (Lipinski definition) is 5. The van der Waals surface area contributed by atoms with Crippen molar-refractivity contribution in [3.8, 4) is 0 Å². The van der Waals surface area contributed by atoms with Crippen molar-refractivity contribution in [1.29, 1.82) is 0 Å². The van der Waals surface area contributed by atoms with Gasteiger partial charge in [-0.1, -0.05) is 24.6 Å². The molecule has 6 heteroatoms. The Hall–Kier alpha value is -1.40. The molecule has 110 valence electrons. The van der Waals surface area contributed by atoms with Gasteiger partial charge in [-0.05, 0) is 25.0 Å². The zero-order valence-corrected chi connectivity index (χ0v) is 12.2. The molecule has 5 nitrogen and oxygen atoms in total. The zero-order chi connectivity index (χ0) is 14.6. The van der Waals surface area contributed by atoms with Gasteiger partial charge < -0.3 is 4.74 Å². The van der Waals surface area contributed by atoms with Crippen LogP contribution in [0.3, 0.4) is 0 Å². The average molecular weight is 298 g/mol. The van der Waals surface area contributed by atoms with E-state index in [4.69, 9.17) is 8.92 Å². The molecule has 20 heavy (non-hydrogen) atoms. The molecule has 0 radical (unpaired) electrons. The van der Waals surface area contributed by atoms with Crippen molar-refractivity contribution in [2.24, 2.45) is 0 Å². The minimum Gasteiger partial charge on any atom is -0.428 e. The Morgan fingerprint density at radius 1 is 1.10 bits per heavy atom. The number of esters is 1. The maximum Gasteiger partial charge on any atom is 0.340 e. The Kier molecular flexibility index (Phi) is 4.45. The minimum absolute atomic E-state index is 0.384. The van der Waals surface area contributed by atoms with E-state index in [1.807, 2.05) is 0 Å². The monoisotopic (exact) mass is 298 g/mol. The fourth-order valence-corrected chi connectivity index (χ4v) is 3.12. The summed E-state index contributed by atoms with van der Waals surface area (Å²) in [6.07, 6.45) is 4.31. The molecule has 0 amide bonds. The first-order valence-electron chi connectivity index (χ1n) is 6.59. The topological polar surface area (TPSA) is 69.7 Å². The summed E-state index contributed by atoms with van der Waals surface area (Å²) >= 11 is 0. The highest BCUT2D eigenvalue weighted by Crippen LogP contribution is 2.34. The minimum atomic E-state index is -3.69. The van der Waals surface area contributed by atoms with Crippen LogP contribution < -0.4 is 0 Å². The third kappa shape index (κ3) is 4.05. The zero-order valence-electron chi connectivity index (χ0n) is 11.4. The third-order valence-corrected chi connectivity index (χ3v) is 3.81. The molecule has 0 bridgehead atoms. The predicted octanol–water partition coefficient (Wildman–Crippen LogP) is 2.48. The summed E-state index contributed by atoms with van der Waals surface area (Å²) in [4.78, 5) is 12.1. The van der Waals surface area contributed by atoms with Gasteiger partial charge in [0.2, 0.25) is 5.79 Å². The van der Waals surface area contributed by atoms with E-state index < -0.39 is 21.9 Å². The highest BCUT2D eigenvalue weighted by atomic mass is 32.2. The largest absolute Gasteiger partial charge is 0.428 e. The van der Waals surface area contributed by atoms with Crippen LogP contribution in [0.2, 0.25) is 0 Å². The van der Waals surface area contributed by atoms with Gasteiger partial charge in [0.05, 0.1) is 11.8 Å². The first kappa shape index (κ1) is 15.0. The maximum atomic E-state index is 12.1. The summed E-state index contributed by atoms with van der Waals surface area (Å²) < 4.78 is 33.3. The molecule has 1 fully saturated rings. The Labute approximate surface area is 119 Å². The lowest BCUT2D eigenvalue weighted by molar-refractivity contribution is -0.160. The smallest absolute Gasteiger partial charge is 0.340 e. The van der Waals surface area contributed by atoms with Gasteiger partial charge in [0.15, 0.2) is 0 Å². The number of rotatable bonds is 4. The Balaban J connectivity index is 2.18. The van der Waals surface area contributed by atoms with E-state index in [1.54, 1.807) is 30.3 Å². The summed E-state index contributed by atoms with van der Waals surface area (Å²) in [5.74, 6) is -1.91. The van der Waals surface area contributed by atoms with Crippen LogP contribution in [-0.4, -0.2) is 26.4 Å². The highest BCUT2D eigenvalue weighted by molar-refractivity contribution is 7.86. The molecule has 2 rings (SSSR count). The quantitative estimate of drug-likeness (QED) is 0.485. The molecule has 1 saturated carbocycles. The Morgan fingerprint density at radius 2 is 1.70 bits per heavy atom. The first-order chi connectivity index (χ1) is 9.40. The fraction of sp³-hybridized carbons (Fsp3) is 0.500. The second kappa shape index (κ2) is 5.93. The lowest BCUT2D eigenvalue weighted by atomic mass is 9.94. The van der Waals surface area contributed by atoms with E-state index in [0.717, 1.165) is 25.5 Å². The third-order valence-electron chi connectivity index (χ3n) is 3.21. The lowest BCUT2D eigenvalue weighted by Crippen LogP contribution is -2.41. The molecule has 1 aromatic carbocycles. The van der Waals surface area contributed by atoms with Gasteiger partial charge >= 0.3 is 5.97 Å². The van der Waals surface area contributed by atoms with Crippen molar-refractivity contribution in [2.75, 3.05) is 6.26 Å². The van der Waals surface area contributed by atoms with Crippen LogP contribution >= 0.6 is 0 Å². The van der Waals surface area contributed by atoms with Gasteiger partial charge in [0.1, 0.15) is 0 Å². The highest BCUT2D eigenvalue weighted by Gasteiger charge is 2.40. The summed E-state index contributed by atoms with van der Waals surface area (Å²) in [5.41, 5.74) is 0.384. The van der Waals surface area contributed by atoms with E-state index >= 15 is 0 Å². The number of benzene rings is 1. The van der Waals surface area contributed by atoms with Gasteiger partial charge in [0.25, 0.3) is 10.1 Å². The molecule has 0 atom stereocenters. The summed E-state index contributed by atoms with van der Waals surface area (Å²) in [5, 5.41) is 0. The molecule has 0 saturated heterocycles. The standard InChI is InChI=1S/C14H18O5S/c1-20(16,17)19-14(10-6-3-7-11-14)18-13(15)12-8-4-2-5-9-12/h2,4-5,8-9H,3,6-7,10-11H2,1H3. The molecular weight excluding hydrogens is 280 g/mol. The Morgan fingerprint density at radius 3 is 2.25 bits per heavy atom. The van der Waals surface area contributed by atoms with Crippen LogP contribution in [-0.2, 0) is 19.0 Å². The summed E-state index contributed by atoms with van der Waals surface area (Å²) in [6.45, 7) is 0. The molecule has 1 aliphatic carbocycles. The van der Waals surface area contributed by atoms with Crippen molar-refractivity contribution in [3.63, 3.8) is 0 Å². The number of hydrogen-bond donors (Lipinski definition) is 0. The molecule has 0 unspecified atom stereocenters. The van der Waals surface area contributed by atoms with Gasteiger partial charge in [-0.3, -0.25) is 0 Å². The molecule has 1 aliphatic rings. The van der Waals surface area contributed by atoms with Crippen molar-refractivity contribution < 1.29 is 22.1 Å². The van der Waals surface area contributed by atoms with Crippen LogP contribution in [0.25, 0.3) is 0 Å². The maximum absolute atomic E-state index is 12.1. The molecule has 0 N–H and O–H groups in total. The molecule has 0 heterocycles. The van der Waals surface area contributed by atoms with Crippen molar-refractivity contribution in [2.45, 2.75) is 37.9 Å². The molecule has 0 spiro atoms. The van der Waals surface area contributed by atoms with E-state index in [1.165, 1.54) is 0 Å². The number of carbonyl (C=O) groups excluding carboxylic acids is 1. The summed E-state index contributed by atoms with van der Waals surface area (Å²) in [6, 6.07) is 8.49.